The predicted octanol–water partition coefficient (Wildman–Crippen LogP) is 3.89. The molecule has 0 saturated heterocycles. The number of fused-ring (bicyclic) bond motifs is 3. The van der Waals surface area contributed by atoms with Crippen molar-refractivity contribution < 1.29 is 9.84 Å². The first-order valence-electron chi connectivity index (χ1n) is 7.02. The number of phenolic OH excluding ortho intramolecular Hbond substituents is 1. The average Bonchev–Trinajstić information content (AvgIpc) is 2.94. The molecule has 4 aromatic rings. The van der Waals surface area contributed by atoms with E-state index in [2.05, 4.69) is 5.10 Å². The Bertz CT molecular complexity index is 975. The number of hydrogen-bond acceptors (Lipinski definition) is 3. The summed E-state index contributed by atoms with van der Waals surface area (Å²) >= 11 is 0. The Morgan fingerprint density at radius 1 is 0.909 bits per heavy atom. The number of rotatable bonds is 2. The predicted molar refractivity (Wildman–Crippen MR) is 86.8 cm³/mol. The summed E-state index contributed by atoms with van der Waals surface area (Å²) in [6.07, 6.45) is 0. The quantitative estimate of drug-likeness (QED) is 0.609. The topological polar surface area (TPSA) is 47.3 Å². The maximum Gasteiger partial charge on any atom is 0.241 e. The van der Waals surface area contributed by atoms with Gasteiger partial charge in [0, 0.05) is 10.8 Å². The maximum absolute atomic E-state index is 10.3. The molecular formula is C18H14N2O2. The van der Waals surface area contributed by atoms with Crippen LogP contribution >= 0.6 is 0 Å². The van der Waals surface area contributed by atoms with E-state index < -0.39 is 0 Å². The van der Waals surface area contributed by atoms with Crippen molar-refractivity contribution in [2.24, 2.45) is 0 Å². The highest BCUT2D eigenvalue weighted by Gasteiger charge is 2.17. The van der Waals surface area contributed by atoms with Crippen LogP contribution < -0.4 is 4.74 Å². The van der Waals surface area contributed by atoms with Gasteiger partial charge in [-0.15, -0.1) is 5.10 Å². The zero-order chi connectivity index (χ0) is 15.1. The Morgan fingerprint density at radius 3 is 2.32 bits per heavy atom. The molecule has 0 bridgehead atoms. The number of para-hydroxylation sites is 1. The molecule has 0 amide bonds. The average molecular weight is 290 g/mol. The molecule has 3 aromatic carbocycles. The lowest BCUT2D eigenvalue weighted by Crippen LogP contribution is -1.96. The minimum atomic E-state index is 0.231. The van der Waals surface area contributed by atoms with Crippen molar-refractivity contribution in [3.63, 3.8) is 0 Å². The molecule has 0 spiro atoms. The molecule has 0 unspecified atom stereocenters. The van der Waals surface area contributed by atoms with Crippen molar-refractivity contribution in [3.05, 3.63) is 60.7 Å². The van der Waals surface area contributed by atoms with Crippen molar-refractivity contribution in [2.75, 3.05) is 7.11 Å². The Balaban J connectivity index is 2.20. The smallest absolute Gasteiger partial charge is 0.241 e. The van der Waals surface area contributed by atoms with Crippen LogP contribution in [0, 0.1) is 0 Å². The van der Waals surface area contributed by atoms with Crippen molar-refractivity contribution in [3.8, 4) is 17.3 Å². The van der Waals surface area contributed by atoms with Crippen LogP contribution in [0.15, 0.2) is 60.7 Å². The van der Waals surface area contributed by atoms with E-state index >= 15 is 0 Å². The molecule has 0 aliphatic carbocycles. The number of aromatic hydroxyl groups is 1. The molecule has 4 heteroatoms. The zero-order valence-electron chi connectivity index (χ0n) is 12.0. The first-order valence-corrected chi connectivity index (χ1v) is 7.02. The third-order valence-electron chi connectivity index (χ3n) is 3.82. The molecule has 0 saturated carbocycles. The molecule has 0 fully saturated rings. The minimum Gasteiger partial charge on any atom is -0.507 e. The third-order valence-corrected chi connectivity index (χ3v) is 3.82. The van der Waals surface area contributed by atoms with E-state index in [1.165, 1.54) is 0 Å². The van der Waals surface area contributed by atoms with E-state index in [-0.39, 0.29) is 5.75 Å². The summed E-state index contributed by atoms with van der Waals surface area (Å²) < 4.78 is 7.25. The fourth-order valence-electron chi connectivity index (χ4n) is 2.83. The Labute approximate surface area is 127 Å². The lowest BCUT2D eigenvalue weighted by atomic mass is 10.1. The number of aromatic nitrogens is 2. The molecule has 0 aliphatic rings. The van der Waals surface area contributed by atoms with Crippen LogP contribution in [0.25, 0.3) is 27.4 Å². The highest BCUT2D eigenvalue weighted by molar-refractivity contribution is 6.10. The molecule has 108 valence electrons. The molecule has 1 aromatic heterocycles. The number of phenols is 1. The monoisotopic (exact) mass is 290 g/mol. The van der Waals surface area contributed by atoms with Crippen LogP contribution in [0.1, 0.15) is 0 Å². The van der Waals surface area contributed by atoms with Gasteiger partial charge < -0.3 is 9.84 Å². The first kappa shape index (κ1) is 12.7. The van der Waals surface area contributed by atoms with E-state index in [1.807, 2.05) is 59.3 Å². The van der Waals surface area contributed by atoms with Gasteiger partial charge in [0.25, 0.3) is 0 Å². The van der Waals surface area contributed by atoms with Crippen molar-refractivity contribution >= 4 is 21.7 Å². The summed E-state index contributed by atoms with van der Waals surface area (Å²) in [6.45, 7) is 0. The summed E-state index contributed by atoms with van der Waals surface area (Å²) in [7, 11) is 1.59. The molecule has 22 heavy (non-hydrogen) atoms. The largest absolute Gasteiger partial charge is 0.507 e. The second kappa shape index (κ2) is 4.77. The van der Waals surface area contributed by atoms with Gasteiger partial charge in [-0.1, -0.05) is 42.5 Å². The number of ether oxygens (including phenoxy) is 1. The summed E-state index contributed by atoms with van der Waals surface area (Å²) in [5, 5.41) is 17.4. The van der Waals surface area contributed by atoms with Crippen LogP contribution in [0.4, 0.5) is 0 Å². The maximum atomic E-state index is 10.3. The fraction of sp³-hybridized carbons (Fsp3) is 0.0556. The highest BCUT2D eigenvalue weighted by atomic mass is 16.5. The molecule has 0 aliphatic heterocycles. The van der Waals surface area contributed by atoms with Gasteiger partial charge in [-0.05, 0) is 18.2 Å². The summed E-state index contributed by atoms with van der Waals surface area (Å²) in [5.41, 5.74) is 1.88. The Hall–Kier alpha value is -3.01. The molecule has 4 nitrogen and oxygen atoms in total. The van der Waals surface area contributed by atoms with Crippen molar-refractivity contribution in [2.45, 2.75) is 0 Å². The lowest BCUT2D eigenvalue weighted by molar-refractivity contribution is 0.398. The van der Waals surface area contributed by atoms with Crippen LogP contribution in [-0.2, 0) is 0 Å². The Morgan fingerprint density at radius 2 is 1.59 bits per heavy atom. The molecule has 0 atom stereocenters. The summed E-state index contributed by atoms with van der Waals surface area (Å²) in [5.74, 6) is 0.730. The third kappa shape index (κ3) is 1.74. The van der Waals surface area contributed by atoms with Crippen LogP contribution in [-0.4, -0.2) is 22.0 Å². The molecule has 1 N–H and O–H groups in total. The van der Waals surface area contributed by atoms with E-state index in [9.17, 15) is 5.11 Å². The summed E-state index contributed by atoms with van der Waals surface area (Å²) in [4.78, 5) is 0. The fourth-order valence-corrected chi connectivity index (χ4v) is 2.83. The van der Waals surface area contributed by atoms with Crippen molar-refractivity contribution in [1.29, 1.82) is 0 Å². The zero-order valence-corrected chi connectivity index (χ0v) is 12.0. The van der Waals surface area contributed by atoms with E-state index in [1.54, 1.807) is 13.2 Å². The second-order valence-corrected chi connectivity index (χ2v) is 5.09. The number of nitrogens with zero attached hydrogens (tertiary/aromatic N) is 2. The van der Waals surface area contributed by atoms with Crippen LogP contribution in [0.3, 0.4) is 0 Å². The van der Waals surface area contributed by atoms with E-state index in [0.717, 1.165) is 27.4 Å². The number of benzene rings is 3. The molecule has 0 radical (unpaired) electrons. The second-order valence-electron chi connectivity index (χ2n) is 5.09. The number of hydrogen-bond donors (Lipinski definition) is 1. The van der Waals surface area contributed by atoms with Gasteiger partial charge in [0.2, 0.25) is 5.88 Å². The van der Waals surface area contributed by atoms with Gasteiger partial charge in [-0.3, -0.25) is 0 Å². The highest BCUT2D eigenvalue weighted by Crippen LogP contribution is 2.37. The lowest BCUT2D eigenvalue weighted by Gasteiger charge is -2.07. The Kier molecular flexibility index (Phi) is 2.76. The van der Waals surface area contributed by atoms with E-state index in [0.29, 0.717) is 5.88 Å². The van der Waals surface area contributed by atoms with Gasteiger partial charge in [0.1, 0.15) is 5.75 Å². The van der Waals surface area contributed by atoms with Crippen LogP contribution in [0.2, 0.25) is 0 Å². The van der Waals surface area contributed by atoms with Crippen molar-refractivity contribution in [1.82, 2.24) is 9.78 Å². The number of methoxy groups -OCH3 is 1. The minimum absolute atomic E-state index is 0.231. The first-order chi connectivity index (χ1) is 10.8. The van der Waals surface area contributed by atoms with Gasteiger partial charge in [-0.25, -0.2) is 4.68 Å². The van der Waals surface area contributed by atoms with Gasteiger partial charge in [-0.2, -0.15) is 0 Å². The normalized spacial score (nSPS) is 11.1. The van der Waals surface area contributed by atoms with Gasteiger partial charge >= 0.3 is 0 Å². The molecule has 1 heterocycles. The van der Waals surface area contributed by atoms with Gasteiger partial charge in [0.15, 0.2) is 0 Å². The molecule has 4 rings (SSSR count). The molecular weight excluding hydrogens is 276 g/mol. The standard InChI is InChI=1S/C18H14N2O2/c1-22-18-15-11-16(21)13-9-5-6-10-14(13)17(15)20(19-18)12-7-3-2-4-8-12/h2-11,21H,1H3. The SMILES string of the molecule is COc1nn(-c2ccccc2)c2c1cc(O)c1ccccc12. The van der Waals surface area contributed by atoms with Gasteiger partial charge in [0.05, 0.1) is 23.7 Å². The van der Waals surface area contributed by atoms with Crippen LogP contribution in [0.5, 0.6) is 11.6 Å². The van der Waals surface area contributed by atoms with E-state index in [4.69, 9.17) is 4.74 Å². The summed E-state index contributed by atoms with van der Waals surface area (Å²) in [6, 6.07) is 19.4.